The molecular weight excluding hydrogens is 332 g/mol. The fraction of sp³-hybridized carbons (Fsp3) is 0.562. The van der Waals surface area contributed by atoms with Gasteiger partial charge in [0.05, 0.1) is 17.6 Å². The van der Waals surface area contributed by atoms with Gasteiger partial charge in [0, 0.05) is 26.1 Å². The Morgan fingerprint density at radius 1 is 1.33 bits per heavy atom. The number of sulfonamides is 1. The highest BCUT2D eigenvalue weighted by molar-refractivity contribution is 7.89. The van der Waals surface area contributed by atoms with Crippen LogP contribution in [0.4, 0.5) is 0 Å². The van der Waals surface area contributed by atoms with Gasteiger partial charge in [-0.2, -0.15) is 0 Å². The molecule has 24 heavy (non-hydrogen) atoms. The molecule has 1 amide bonds. The lowest BCUT2D eigenvalue weighted by atomic mass is 10.2. The van der Waals surface area contributed by atoms with Crippen LogP contribution in [0.2, 0.25) is 0 Å². The number of rotatable bonds is 9. The first-order valence-electron chi connectivity index (χ1n) is 8.12. The van der Waals surface area contributed by atoms with Gasteiger partial charge in [0.1, 0.15) is 5.75 Å². The molecule has 1 fully saturated rings. The second-order valence-corrected chi connectivity index (χ2v) is 7.26. The van der Waals surface area contributed by atoms with E-state index in [1.165, 1.54) is 12.1 Å². The normalized spacial score (nSPS) is 17.6. The van der Waals surface area contributed by atoms with Crippen molar-refractivity contribution in [3.8, 4) is 5.75 Å². The van der Waals surface area contributed by atoms with E-state index in [0.717, 1.165) is 19.4 Å². The quantitative estimate of drug-likeness (QED) is 0.690. The fourth-order valence-corrected chi connectivity index (χ4v) is 3.42. The van der Waals surface area contributed by atoms with Gasteiger partial charge in [-0.1, -0.05) is 0 Å². The van der Waals surface area contributed by atoms with Crippen molar-refractivity contribution in [2.24, 2.45) is 0 Å². The number of carbonyl (C=O) groups excluding carboxylic acids is 1. The molecule has 1 heterocycles. The number of benzene rings is 1. The number of hydrogen-bond acceptors (Lipinski definition) is 5. The van der Waals surface area contributed by atoms with Crippen LogP contribution >= 0.6 is 0 Å². The first-order chi connectivity index (χ1) is 11.5. The Morgan fingerprint density at radius 3 is 2.71 bits per heavy atom. The molecular formula is C16H24N2O5S. The van der Waals surface area contributed by atoms with Crippen molar-refractivity contribution >= 4 is 15.9 Å². The fourth-order valence-electron chi connectivity index (χ4n) is 2.39. The zero-order valence-corrected chi connectivity index (χ0v) is 14.6. The van der Waals surface area contributed by atoms with E-state index in [2.05, 4.69) is 10.0 Å². The zero-order chi connectivity index (χ0) is 17.4. The molecule has 2 rings (SSSR count). The summed E-state index contributed by atoms with van der Waals surface area (Å²) >= 11 is 0. The SMILES string of the molecule is CCOc1ccc(S(=O)(=O)NCCC(=O)NC[C@@H]2CCCO2)cc1. The molecule has 0 aromatic heterocycles. The summed E-state index contributed by atoms with van der Waals surface area (Å²) < 4.78 is 37.4. The first kappa shape index (κ1) is 18.7. The van der Waals surface area contributed by atoms with E-state index in [0.29, 0.717) is 18.9 Å². The second kappa shape index (κ2) is 9.00. The lowest BCUT2D eigenvalue weighted by molar-refractivity contribution is -0.121. The highest BCUT2D eigenvalue weighted by Crippen LogP contribution is 2.15. The van der Waals surface area contributed by atoms with Gasteiger partial charge in [0.25, 0.3) is 0 Å². The molecule has 0 spiro atoms. The summed E-state index contributed by atoms with van der Waals surface area (Å²) in [6.45, 7) is 3.64. The van der Waals surface area contributed by atoms with Gasteiger partial charge < -0.3 is 14.8 Å². The molecule has 7 nitrogen and oxygen atoms in total. The molecule has 2 N–H and O–H groups in total. The summed E-state index contributed by atoms with van der Waals surface area (Å²) in [4.78, 5) is 11.9. The molecule has 0 saturated carbocycles. The van der Waals surface area contributed by atoms with Crippen molar-refractivity contribution in [1.82, 2.24) is 10.0 Å². The van der Waals surface area contributed by atoms with Gasteiger partial charge in [0.2, 0.25) is 15.9 Å². The van der Waals surface area contributed by atoms with Crippen LogP contribution in [0.1, 0.15) is 26.2 Å². The average molecular weight is 356 g/mol. The minimum absolute atomic E-state index is 0.0485. The van der Waals surface area contributed by atoms with Crippen molar-refractivity contribution in [2.75, 3.05) is 26.3 Å². The Bertz CT molecular complexity index is 624. The predicted molar refractivity (Wildman–Crippen MR) is 89.4 cm³/mol. The van der Waals surface area contributed by atoms with Crippen LogP contribution in [0.5, 0.6) is 5.75 Å². The number of amides is 1. The smallest absolute Gasteiger partial charge is 0.240 e. The van der Waals surface area contributed by atoms with E-state index in [4.69, 9.17) is 9.47 Å². The Morgan fingerprint density at radius 2 is 2.08 bits per heavy atom. The molecule has 1 aromatic carbocycles. The maximum atomic E-state index is 12.1. The molecule has 0 radical (unpaired) electrons. The minimum atomic E-state index is -3.63. The number of ether oxygens (including phenoxy) is 2. The van der Waals surface area contributed by atoms with Gasteiger partial charge in [-0.05, 0) is 44.0 Å². The van der Waals surface area contributed by atoms with Crippen LogP contribution in [-0.4, -0.2) is 46.7 Å². The summed E-state index contributed by atoms with van der Waals surface area (Å²) in [6.07, 6.45) is 2.13. The molecule has 1 atom stereocenters. The maximum Gasteiger partial charge on any atom is 0.240 e. The third-order valence-corrected chi connectivity index (χ3v) is 5.12. The van der Waals surface area contributed by atoms with Crippen LogP contribution in [0, 0.1) is 0 Å². The van der Waals surface area contributed by atoms with E-state index < -0.39 is 10.0 Å². The van der Waals surface area contributed by atoms with E-state index >= 15 is 0 Å². The van der Waals surface area contributed by atoms with Crippen LogP contribution in [0.15, 0.2) is 29.2 Å². The highest BCUT2D eigenvalue weighted by atomic mass is 32.2. The lowest BCUT2D eigenvalue weighted by Crippen LogP contribution is -2.34. The van der Waals surface area contributed by atoms with Crippen LogP contribution in [0.3, 0.4) is 0 Å². The molecule has 134 valence electrons. The van der Waals surface area contributed by atoms with Crippen molar-refractivity contribution < 1.29 is 22.7 Å². The maximum absolute atomic E-state index is 12.1. The van der Waals surface area contributed by atoms with Crippen LogP contribution in [0.25, 0.3) is 0 Å². The summed E-state index contributed by atoms with van der Waals surface area (Å²) in [5.74, 6) is 0.421. The van der Waals surface area contributed by atoms with Gasteiger partial charge in [-0.3, -0.25) is 4.79 Å². The lowest BCUT2D eigenvalue weighted by Gasteiger charge is -2.11. The molecule has 0 bridgehead atoms. The summed E-state index contributed by atoms with van der Waals surface area (Å²) in [5.41, 5.74) is 0. The average Bonchev–Trinajstić information content (AvgIpc) is 3.07. The standard InChI is InChI=1S/C16H24N2O5S/c1-2-22-13-5-7-15(8-6-13)24(20,21)18-10-9-16(19)17-12-14-4-3-11-23-14/h5-8,14,18H,2-4,9-12H2,1H3,(H,17,19)/t14-/m0/s1. The number of hydrogen-bond donors (Lipinski definition) is 2. The minimum Gasteiger partial charge on any atom is -0.494 e. The summed E-state index contributed by atoms with van der Waals surface area (Å²) in [6, 6.07) is 6.16. The van der Waals surface area contributed by atoms with Crippen LogP contribution < -0.4 is 14.8 Å². The Hall–Kier alpha value is -1.64. The van der Waals surface area contributed by atoms with Gasteiger partial charge in [0.15, 0.2) is 0 Å². The third kappa shape index (κ3) is 5.77. The van der Waals surface area contributed by atoms with Crippen molar-refractivity contribution in [2.45, 2.75) is 37.2 Å². The second-order valence-electron chi connectivity index (χ2n) is 5.49. The van der Waals surface area contributed by atoms with Crippen molar-refractivity contribution in [3.05, 3.63) is 24.3 Å². The van der Waals surface area contributed by atoms with E-state index in [1.54, 1.807) is 12.1 Å². The van der Waals surface area contributed by atoms with E-state index in [-0.39, 0.29) is 29.9 Å². The Balaban J connectivity index is 1.74. The van der Waals surface area contributed by atoms with Gasteiger partial charge in [-0.25, -0.2) is 13.1 Å². The Kier molecular flexibility index (Phi) is 7.01. The predicted octanol–water partition coefficient (Wildman–Crippen LogP) is 1.05. The summed E-state index contributed by atoms with van der Waals surface area (Å²) in [7, 11) is -3.63. The molecule has 1 aromatic rings. The first-order valence-corrected chi connectivity index (χ1v) is 9.60. The zero-order valence-electron chi connectivity index (χ0n) is 13.8. The monoisotopic (exact) mass is 356 g/mol. The molecule has 1 aliphatic heterocycles. The highest BCUT2D eigenvalue weighted by Gasteiger charge is 2.17. The van der Waals surface area contributed by atoms with Crippen LogP contribution in [-0.2, 0) is 19.6 Å². The van der Waals surface area contributed by atoms with Crippen molar-refractivity contribution in [1.29, 1.82) is 0 Å². The largest absolute Gasteiger partial charge is 0.494 e. The molecule has 1 saturated heterocycles. The molecule has 8 heteroatoms. The van der Waals surface area contributed by atoms with Gasteiger partial charge in [-0.15, -0.1) is 0 Å². The number of nitrogens with one attached hydrogen (secondary N) is 2. The summed E-state index contributed by atoms with van der Waals surface area (Å²) in [5, 5.41) is 2.76. The molecule has 0 aliphatic carbocycles. The van der Waals surface area contributed by atoms with E-state index in [9.17, 15) is 13.2 Å². The van der Waals surface area contributed by atoms with Crippen molar-refractivity contribution in [3.63, 3.8) is 0 Å². The topological polar surface area (TPSA) is 93.7 Å². The number of carbonyl (C=O) groups is 1. The molecule has 0 unspecified atom stereocenters. The third-order valence-electron chi connectivity index (χ3n) is 3.64. The Labute approximate surface area is 142 Å². The molecule has 1 aliphatic rings. The van der Waals surface area contributed by atoms with Gasteiger partial charge >= 0.3 is 0 Å². The van der Waals surface area contributed by atoms with E-state index in [1.807, 2.05) is 6.92 Å².